The second kappa shape index (κ2) is 11.0. The molecule has 1 aliphatic rings. The largest absolute Gasteiger partial charge is 0.497 e. The lowest BCUT2D eigenvalue weighted by Crippen LogP contribution is -2.29. The molecule has 3 aromatic rings. The summed E-state index contributed by atoms with van der Waals surface area (Å²) >= 11 is 1.44. The lowest BCUT2D eigenvalue weighted by Gasteiger charge is -2.26. The summed E-state index contributed by atoms with van der Waals surface area (Å²) in [5.41, 5.74) is 2.79. The second-order valence-electron chi connectivity index (χ2n) is 8.41. The van der Waals surface area contributed by atoms with Gasteiger partial charge in [-0.1, -0.05) is 30.3 Å². The first-order valence-electron chi connectivity index (χ1n) is 11.4. The van der Waals surface area contributed by atoms with Crippen LogP contribution in [0.15, 0.2) is 59.5 Å². The van der Waals surface area contributed by atoms with Crippen molar-refractivity contribution in [2.45, 2.75) is 37.2 Å². The Balaban J connectivity index is 1.34. The highest BCUT2D eigenvalue weighted by atomic mass is 32.2. The van der Waals surface area contributed by atoms with Gasteiger partial charge < -0.3 is 10.1 Å². The molecular weight excluding hydrogens is 482 g/mol. The number of benzene rings is 2. The van der Waals surface area contributed by atoms with Crippen molar-refractivity contribution >= 4 is 32.1 Å². The van der Waals surface area contributed by atoms with Crippen molar-refractivity contribution < 1.29 is 17.9 Å². The van der Waals surface area contributed by atoms with E-state index in [-0.39, 0.29) is 29.4 Å². The average molecular weight is 510 g/mol. The first-order chi connectivity index (χ1) is 16.9. The minimum atomic E-state index is -3.49. The van der Waals surface area contributed by atoms with E-state index in [4.69, 9.17) is 4.74 Å². The number of rotatable bonds is 9. The molecule has 0 saturated heterocycles. The number of sulfone groups is 1. The highest BCUT2D eigenvalue weighted by Gasteiger charge is 2.25. The first kappa shape index (κ1) is 24.9. The summed E-state index contributed by atoms with van der Waals surface area (Å²) in [5, 5.41) is 13.1. The van der Waals surface area contributed by atoms with Gasteiger partial charge >= 0.3 is 0 Å². The third-order valence-electron chi connectivity index (χ3n) is 5.99. The Kier molecular flexibility index (Phi) is 7.86. The molecule has 35 heavy (non-hydrogen) atoms. The maximum Gasteiger partial charge on any atom is 0.225 e. The van der Waals surface area contributed by atoms with Crippen LogP contribution in [0.5, 0.6) is 5.75 Å². The number of ether oxygens (including phenoxy) is 1. The molecule has 1 aromatic heterocycles. The van der Waals surface area contributed by atoms with Crippen molar-refractivity contribution in [3.05, 3.63) is 76.2 Å². The van der Waals surface area contributed by atoms with Gasteiger partial charge in [0.1, 0.15) is 16.8 Å². The van der Waals surface area contributed by atoms with Gasteiger partial charge in [0.25, 0.3) is 0 Å². The first-order valence-corrected chi connectivity index (χ1v) is 13.8. The van der Waals surface area contributed by atoms with Gasteiger partial charge in [-0.2, -0.15) is 5.26 Å². The summed E-state index contributed by atoms with van der Waals surface area (Å²) in [7, 11) is -1.97. The summed E-state index contributed by atoms with van der Waals surface area (Å²) in [6.07, 6.45) is 1.01. The van der Waals surface area contributed by atoms with Gasteiger partial charge in [0.05, 0.1) is 23.3 Å². The Morgan fingerprint density at radius 1 is 1.17 bits per heavy atom. The zero-order chi connectivity index (χ0) is 24.8. The van der Waals surface area contributed by atoms with E-state index < -0.39 is 9.84 Å². The highest BCUT2D eigenvalue weighted by molar-refractivity contribution is 7.91. The molecule has 0 bridgehead atoms. The van der Waals surface area contributed by atoms with Crippen LogP contribution in [0.25, 0.3) is 0 Å². The molecule has 0 aliphatic carbocycles. The van der Waals surface area contributed by atoms with E-state index in [1.807, 2.05) is 18.2 Å². The number of amides is 1. The minimum Gasteiger partial charge on any atom is -0.497 e. The minimum absolute atomic E-state index is 0.0585. The fraction of sp³-hybridized carbons (Fsp3) is 0.308. The normalized spacial score (nSPS) is 13.6. The molecule has 9 heteroatoms. The predicted molar refractivity (Wildman–Crippen MR) is 136 cm³/mol. The number of carbonyl (C=O) groups excluding carboxylic acids is 1. The molecular formula is C26H27N3O4S2. The maximum absolute atomic E-state index is 12.6. The molecule has 0 unspecified atom stereocenters. The van der Waals surface area contributed by atoms with E-state index in [1.54, 1.807) is 12.1 Å². The number of nitriles is 1. The summed E-state index contributed by atoms with van der Waals surface area (Å²) in [6, 6.07) is 18.7. The summed E-state index contributed by atoms with van der Waals surface area (Å²) in [6.45, 7) is 2.42. The van der Waals surface area contributed by atoms with Crippen LogP contribution in [0.2, 0.25) is 0 Å². The predicted octanol–water partition coefficient (Wildman–Crippen LogP) is 4.38. The van der Waals surface area contributed by atoms with Crippen LogP contribution in [0.3, 0.4) is 0 Å². The molecule has 0 atom stereocenters. The lowest BCUT2D eigenvalue weighted by atomic mass is 10.0. The second-order valence-corrected chi connectivity index (χ2v) is 11.6. The van der Waals surface area contributed by atoms with E-state index in [9.17, 15) is 18.5 Å². The summed E-state index contributed by atoms with van der Waals surface area (Å²) in [4.78, 5) is 16.2. The van der Waals surface area contributed by atoms with Gasteiger partial charge in [-0.05, 0) is 48.2 Å². The Hall–Kier alpha value is -3.19. The van der Waals surface area contributed by atoms with Crippen molar-refractivity contribution in [2.75, 3.05) is 24.7 Å². The van der Waals surface area contributed by atoms with Crippen LogP contribution in [0.4, 0.5) is 5.00 Å². The molecule has 182 valence electrons. The number of methoxy groups -OCH3 is 1. The fourth-order valence-corrected chi connectivity index (χ4v) is 6.72. The third-order valence-corrected chi connectivity index (χ3v) is 8.93. The average Bonchev–Trinajstić information content (AvgIpc) is 3.20. The number of carbonyl (C=O) groups is 1. The quantitative estimate of drug-likeness (QED) is 0.460. The number of anilines is 1. The van der Waals surface area contributed by atoms with Crippen LogP contribution in [-0.4, -0.2) is 38.6 Å². The number of hydrogen-bond acceptors (Lipinski definition) is 7. The van der Waals surface area contributed by atoms with Crippen molar-refractivity contribution in [2.24, 2.45) is 0 Å². The van der Waals surface area contributed by atoms with Gasteiger partial charge in [-0.15, -0.1) is 11.3 Å². The zero-order valence-corrected chi connectivity index (χ0v) is 21.1. The zero-order valence-electron chi connectivity index (χ0n) is 19.5. The van der Waals surface area contributed by atoms with Gasteiger partial charge in [-0.25, -0.2) is 8.42 Å². The molecule has 4 rings (SSSR count). The molecule has 0 spiro atoms. The Morgan fingerprint density at radius 3 is 2.60 bits per heavy atom. The van der Waals surface area contributed by atoms with Crippen molar-refractivity contribution in [3.63, 3.8) is 0 Å². The number of hydrogen-bond donors (Lipinski definition) is 1. The van der Waals surface area contributed by atoms with E-state index >= 15 is 0 Å². The van der Waals surface area contributed by atoms with Gasteiger partial charge in [0, 0.05) is 30.9 Å². The molecule has 1 amide bonds. The smallest absolute Gasteiger partial charge is 0.225 e. The standard InChI is InChI=1S/C26H27N3O4S2/c1-33-20-9-11-21(12-10-20)35(31,32)15-5-8-25(30)28-26-23(16-27)22-13-14-29(18-24(22)34-26)17-19-6-3-2-4-7-19/h2-4,6-7,9-12H,5,8,13-15,17-18H2,1H3,(H,28,30). The lowest BCUT2D eigenvalue weighted by molar-refractivity contribution is -0.116. The van der Waals surface area contributed by atoms with E-state index in [2.05, 4.69) is 28.4 Å². The van der Waals surface area contributed by atoms with E-state index in [0.717, 1.165) is 36.5 Å². The Morgan fingerprint density at radius 2 is 1.91 bits per heavy atom. The summed E-state index contributed by atoms with van der Waals surface area (Å²) < 4.78 is 30.2. The van der Waals surface area contributed by atoms with Crippen LogP contribution >= 0.6 is 11.3 Å². The van der Waals surface area contributed by atoms with Crippen LogP contribution in [-0.2, 0) is 34.1 Å². The van der Waals surface area contributed by atoms with Gasteiger partial charge in [0.2, 0.25) is 5.91 Å². The van der Waals surface area contributed by atoms with Gasteiger partial charge in [-0.3, -0.25) is 9.69 Å². The Bertz CT molecular complexity index is 1330. The summed E-state index contributed by atoms with van der Waals surface area (Å²) in [5.74, 6) is 0.164. The van der Waals surface area contributed by atoms with Crippen molar-refractivity contribution in [1.29, 1.82) is 5.26 Å². The van der Waals surface area contributed by atoms with Gasteiger partial charge in [0.15, 0.2) is 9.84 Å². The van der Waals surface area contributed by atoms with E-state index in [1.165, 1.54) is 36.1 Å². The molecule has 1 N–H and O–H groups in total. The van der Waals surface area contributed by atoms with Crippen LogP contribution < -0.4 is 10.1 Å². The maximum atomic E-state index is 12.6. The number of nitrogens with one attached hydrogen (secondary N) is 1. The molecule has 0 radical (unpaired) electrons. The third kappa shape index (κ3) is 6.09. The Labute approximate surface area is 209 Å². The molecule has 7 nitrogen and oxygen atoms in total. The number of fused-ring (bicyclic) bond motifs is 1. The monoisotopic (exact) mass is 509 g/mol. The van der Waals surface area contributed by atoms with Crippen LogP contribution in [0, 0.1) is 11.3 Å². The molecule has 1 aliphatic heterocycles. The molecule has 0 fully saturated rings. The highest BCUT2D eigenvalue weighted by Crippen LogP contribution is 2.37. The van der Waals surface area contributed by atoms with Crippen LogP contribution in [0.1, 0.15) is 34.4 Å². The fourth-order valence-electron chi connectivity index (χ4n) is 4.15. The topological polar surface area (TPSA) is 99.5 Å². The molecule has 2 heterocycles. The SMILES string of the molecule is COc1ccc(S(=O)(=O)CCCC(=O)Nc2sc3c(c2C#N)CCN(Cc2ccccc2)C3)cc1. The van der Waals surface area contributed by atoms with Crippen molar-refractivity contribution in [1.82, 2.24) is 4.90 Å². The molecule has 2 aromatic carbocycles. The number of thiophene rings is 1. The van der Waals surface area contributed by atoms with Crippen molar-refractivity contribution in [3.8, 4) is 11.8 Å². The molecule has 0 saturated carbocycles. The number of nitrogens with zero attached hydrogens (tertiary/aromatic N) is 2. The van der Waals surface area contributed by atoms with E-state index in [0.29, 0.717) is 16.3 Å².